The van der Waals surface area contributed by atoms with Crippen LogP contribution in [0, 0.1) is 0 Å². The van der Waals surface area contributed by atoms with Gasteiger partial charge in [0.2, 0.25) is 5.95 Å². The third-order valence-electron chi connectivity index (χ3n) is 6.64. The fourth-order valence-electron chi connectivity index (χ4n) is 3.76. The molecule has 3 rings (SSSR count). The third-order valence-corrected chi connectivity index (χ3v) is 11.1. The highest BCUT2D eigenvalue weighted by molar-refractivity contribution is 6.74. The van der Waals surface area contributed by atoms with Crippen molar-refractivity contribution in [1.29, 1.82) is 0 Å². The number of alkyl halides is 3. The van der Waals surface area contributed by atoms with Crippen LogP contribution in [0.1, 0.15) is 39.2 Å². The van der Waals surface area contributed by atoms with Crippen LogP contribution in [-0.4, -0.2) is 72.1 Å². The van der Waals surface area contributed by atoms with Gasteiger partial charge in [0.1, 0.15) is 6.10 Å². The Hall–Kier alpha value is -1.72. The lowest BCUT2D eigenvalue weighted by Crippen LogP contribution is -2.60. The fourth-order valence-corrected chi connectivity index (χ4v) is 5.10. The van der Waals surface area contributed by atoms with E-state index in [0.717, 1.165) is 12.4 Å². The molecule has 1 aromatic rings. The number of aliphatic hydroxyl groups excluding tert-OH is 1. The van der Waals surface area contributed by atoms with Gasteiger partial charge in [0, 0.05) is 32.0 Å². The first-order valence-electron chi connectivity index (χ1n) is 10.5. The number of hydrogen-bond acceptors (Lipinski definition) is 6. The Kier molecular flexibility index (Phi) is 6.42. The first-order chi connectivity index (χ1) is 14.2. The number of anilines is 1. The van der Waals surface area contributed by atoms with Crippen molar-refractivity contribution < 1.29 is 27.5 Å². The Labute approximate surface area is 181 Å². The quantitative estimate of drug-likeness (QED) is 0.696. The van der Waals surface area contributed by atoms with E-state index in [9.17, 15) is 23.1 Å². The second-order valence-corrected chi connectivity index (χ2v) is 14.6. The van der Waals surface area contributed by atoms with Crippen molar-refractivity contribution in [3.8, 4) is 0 Å². The summed E-state index contributed by atoms with van der Waals surface area (Å²) in [5, 5.41) is 9.87. The van der Waals surface area contributed by atoms with Gasteiger partial charge in [-0.1, -0.05) is 20.8 Å². The average Bonchev–Trinajstić information content (AvgIpc) is 2.99. The molecule has 7 nitrogen and oxygen atoms in total. The second-order valence-electron chi connectivity index (χ2n) is 9.82. The molecule has 0 aliphatic carbocycles. The first kappa shape index (κ1) is 23.9. The molecule has 2 saturated heterocycles. The van der Waals surface area contributed by atoms with E-state index in [2.05, 4.69) is 43.8 Å². The summed E-state index contributed by atoms with van der Waals surface area (Å²) in [5.74, 6) is -0.0730. The predicted octanol–water partition coefficient (Wildman–Crippen LogP) is 3.06. The number of hydrogen-bond donors (Lipinski definition) is 1. The number of nitrogens with zero attached hydrogens (tertiary/aromatic N) is 4. The number of likely N-dealkylation sites (tertiary alicyclic amines) is 1. The molecule has 2 aliphatic heterocycles. The maximum absolute atomic E-state index is 12.8. The molecule has 1 N–H and O–H groups in total. The Balaban J connectivity index is 1.84. The molecule has 0 spiro atoms. The smallest absolute Gasteiger partial charge is 0.410 e. The molecular formula is C20H31F3N4O3Si. The van der Waals surface area contributed by atoms with E-state index in [4.69, 9.17) is 4.43 Å². The van der Waals surface area contributed by atoms with Crippen molar-refractivity contribution in [2.24, 2.45) is 0 Å². The lowest BCUT2D eigenvalue weighted by molar-refractivity contribution is -0.139. The number of carbonyl (C=O) groups excluding carboxylic acids is 1. The number of rotatable bonds is 4. The number of piperidine rings is 1. The highest BCUT2D eigenvalue weighted by Crippen LogP contribution is 2.39. The van der Waals surface area contributed by atoms with Gasteiger partial charge in [-0.3, -0.25) is 4.79 Å². The molecule has 1 aromatic heterocycles. The maximum atomic E-state index is 12.8. The lowest BCUT2D eigenvalue weighted by atomic mass is 10.0. The minimum absolute atomic E-state index is 0.0563. The zero-order valence-corrected chi connectivity index (χ0v) is 19.6. The maximum Gasteiger partial charge on any atom is 0.419 e. The van der Waals surface area contributed by atoms with Crippen LogP contribution in [0.25, 0.3) is 0 Å². The molecule has 2 unspecified atom stereocenters. The summed E-state index contributed by atoms with van der Waals surface area (Å²) in [5.41, 5.74) is -0.892. The number of aliphatic hydroxyl groups is 1. The molecule has 2 fully saturated rings. The van der Waals surface area contributed by atoms with Gasteiger partial charge in [-0.15, -0.1) is 0 Å². The van der Waals surface area contributed by atoms with E-state index in [-0.39, 0.29) is 29.0 Å². The first-order valence-corrected chi connectivity index (χ1v) is 13.4. The van der Waals surface area contributed by atoms with Gasteiger partial charge in [-0.25, -0.2) is 9.97 Å². The fraction of sp³-hybridized carbons (Fsp3) is 0.750. The van der Waals surface area contributed by atoms with Crippen molar-refractivity contribution in [3.63, 3.8) is 0 Å². The van der Waals surface area contributed by atoms with Crippen molar-refractivity contribution in [1.82, 2.24) is 14.9 Å². The van der Waals surface area contributed by atoms with Gasteiger partial charge in [0.05, 0.1) is 17.7 Å². The van der Waals surface area contributed by atoms with Crippen molar-refractivity contribution in [3.05, 3.63) is 18.0 Å². The molecule has 174 valence electrons. The molecule has 0 radical (unpaired) electrons. The number of carbonyl (C=O) groups is 1. The van der Waals surface area contributed by atoms with E-state index in [1.165, 1.54) is 0 Å². The topological polar surface area (TPSA) is 78.8 Å². The SMILES string of the molecule is CC(C)(C)[Si](C)(C)OC1CN(c2ncc(C(F)(F)F)cn2)CCC1N1CC[C@@H](O)C1=O. The standard InChI is InChI=1S/C20H31F3N4O3Si/c1-19(2,3)31(4,5)30-16-12-26(18-24-10-13(11-25-18)20(21,22)23)8-6-14(16)27-9-7-15(28)17(27)29/h10-11,14-16,28H,6-9,12H2,1-5H3/t14?,15-,16?/m1/s1. The van der Waals surface area contributed by atoms with Crippen LogP contribution in [-0.2, 0) is 15.4 Å². The molecular weight excluding hydrogens is 429 g/mol. The van der Waals surface area contributed by atoms with Gasteiger partial charge >= 0.3 is 6.18 Å². The predicted molar refractivity (Wildman–Crippen MR) is 112 cm³/mol. The molecule has 11 heteroatoms. The molecule has 2 aliphatic rings. The summed E-state index contributed by atoms with van der Waals surface area (Å²) in [4.78, 5) is 23.9. The zero-order valence-electron chi connectivity index (χ0n) is 18.6. The largest absolute Gasteiger partial charge is 0.419 e. The van der Waals surface area contributed by atoms with Crippen molar-refractivity contribution in [2.75, 3.05) is 24.5 Å². The summed E-state index contributed by atoms with van der Waals surface area (Å²) in [7, 11) is -2.21. The third kappa shape index (κ3) is 5.03. The monoisotopic (exact) mass is 460 g/mol. The summed E-state index contributed by atoms with van der Waals surface area (Å²) in [6, 6.07) is -0.204. The Morgan fingerprint density at radius 3 is 2.23 bits per heavy atom. The second kappa shape index (κ2) is 8.32. The summed E-state index contributed by atoms with van der Waals surface area (Å²) in [6.07, 6.45) is -3.29. The number of amides is 1. The summed E-state index contributed by atoms with van der Waals surface area (Å²) in [6.45, 7) is 11.9. The Bertz CT molecular complexity index is 798. The van der Waals surface area contributed by atoms with Crippen LogP contribution >= 0.6 is 0 Å². The molecule has 31 heavy (non-hydrogen) atoms. The van der Waals surface area contributed by atoms with Gasteiger partial charge in [0.15, 0.2) is 8.32 Å². The van der Waals surface area contributed by atoms with E-state index < -0.39 is 26.2 Å². The van der Waals surface area contributed by atoms with Crippen molar-refractivity contribution >= 4 is 20.2 Å². The summed E-state index contributed by atoms with van der Waals surface area (Å²) >= 11 is 0. The highest BCUT2D eigenvalue weighted by atomic mass is 28.4. The van der Waals surface area contributed by atoms with Crippen LogP contribution in [0.2, 0.25) is 18.1 Å². The molecule has 0 bridgehead atoms. The molecule has 1 amide bonds. The Morgan fingerprint density at radius 2 is 1.74 bits per heavy atom. The van der Waals surface area contributed by atoms with Crippen LogP contribution in [0.5, 0.6) is 0 Å². The van der Waals surface area contributed by atoms with E-state index in [1.54, 1.807) is 4.90 Å². The lowest BCUT2D eigenvalue weighted by Gasteiger charge is -2.47. The van der Waals surface area contributed by atoms with Crippen molar-refractivity contribution in [2.45, 2.75) is 76.2 Å². The van der Waals surface area contributed by atoms with E-state index >= 15 is 0 Å². The summed E-state index contributed by atoms with van der Waals surface area (Å²) < 4.78 is 45.2. The highest BCUT2D eigenvalue weighted by Gasteiger charge is 2.46. The average molecular weight is 461 g/mol. The van der Waals surface area contributed by atoms with Crippen LogP contribution in [0.4, 0.5) is 19.1 Å². The van der Waals surface area contributed by atoms with Crippen LogP contribution < -0.4 is 4.90 Å². The van der Waals surface area contributed by atoms with Crippen LogP contribution in [0.15, 0.2) is 12.4 Å². The molecule has 3 atom stereocenters. The molecule has 0 aromatic carbocycles. The Morgan fingerprint density at radius 1 is 1.13 bits per heavy atom. The van der Waals surface area contributed by atoms with Gasteiger partial charge < -0.3 is 19.3 Å². The van der Waals surface area contributed by atoms with Gasteiger partial charge in [0.25, 0.3) is 5.91 Å². The molecule has 3 heterocycles. The number of halogens is 3. The van der Waals surface area contributed by atoms with Gasteiger partial charge in [-0.05, 0) is 31.0 Å². The molecule has 0 saturated carbocycles. The van der Waals surface area contributed by atoms with Crippen LogP contribution in [0.3, 0.4) is 0 Å². The minimum Gasteiger partial charge on any atom is -0.410 e. The minimum atomic E-state index is -4.49. The van der Waals surface area contributed by atoms with E-state index in [0.29, 0.717) is 32.5 Å². The normalized spacial score (nSPS) is 26.0. The zero-order chi connectivity index (χ0) is 23.2. The van der Waals surface area contributed by atoms with Gasteiger partial charge in [-0.2, -0.15) is 13.2 Å². The number of aromatic nitrogens is 2. The van der Waals surface area contributed by atoms with E-state index in [1.807, 2.05) is 4.90 Å².